The van der Waals surface area contributed by atoms with Gasteiger partial charge in [0.1, 0.15) is 0 Å². The third-order valence-corrected chi connectivity index (χ3v) is 1.66. The Bertz CT molecular complexity index is 316. The van der Waals surface area contributed by atoms with E-state index in [1.165, 1.54) is 11.1 Å². The highest BCUT2D eigenvalue weighted by atomic mass is 14.0. The number of hydrogen-bond acceptors (Lipinski definition) is 0. The predicted octanol–water partition coefficient (Wildman–Crippen LogP) is 3.33. The molecule has 0 atom stereocenters. The van der Waals surface area contributed by atoms with E-state index < -0.39 is 0 Å². The molecule has 1 aliphatic rings. The van der Waals surface area contributed by atoms with E-state index in [-0.39, 0.29) is 0 Å². The average molecular weight is 156 g/mol. The fourth-order valence-corrected chi connectivity index (χ4v) is 0.953. The Labute approximate surface area is 73.6 Å². The van der Waals surface area contributed by atoms with Gasteiger partial charge in [0.15, 0.2) is 0 Å². The lowest BCUT2D eigenvalue weighted by atomic mass is 10.1. The molecule has 0 unspecified atom stereocenters. The lowest BCUT2D eigenvalue weighted by Crippen LogP contribution is -1.78. The van der Waals surface area contributed by atoms with Crippen LogP contribution in [0.4, 0.5) is 0 Å². The molecule has 0 aromatic carbocycles. The van der Waals surface area contributed by atoms with Crippen molar-refractivity contribution < 1.29 is 0 Å². The lowest BCUT2D eigenvalue weighted by Gasteiger charge is -1.97. The van der Waals surface area contributed by atoms with E-state index in [9.17, 15) is 0 Å². The van der Waals surface area contributed by atoms with Gasteiger partial charge in [0.05, 0.1) is 0 Å². The maximum absolute atomic E-state index is 3.63. The Balaban J connectivity index is 2.91. The lowest BCUT2D eigenvalue weighted by molar-refractivity contribution is 1.43. The molecule has 0 heteroatoms. The van der Waals surface area contributed by atoms with Gasteiger partial charge in [-0.3, -0.25) is 0 Å². The Morgan fingerprint density at radius 2 is 2.08 bits per heavy atom. The van der Waals surface area contributed by atoms with Crippen molar-refractivity contribution in [3.8, 4) is 0 Å². The smallest absolute Gasteiger partial charge is 0.0194 e. The van der Waals surface area contributed by atoms with Crippen LogP contribution >= 0.6 is 0 Å². The molecule has 0 radical (unpaired) electrons. The largest absolute Gasteiger partial charge is 0.121 e. The van der Waals surface area contributed by atoms with Crippen molar-refractivity contribution in [1.82, 2.24) is 0 Å². The third kappa shape index (κ3) is 2.26. The van der Waals surface area contributed by atoms with Gasteiger partial charge in [-0.05, 0) is 36.3 Å². The third-order valence-electron chi connectivity index (χ3n) is 1.66. The van der Waals surface area contributed by atoms with Gasteiger partial charge in [0, 0.05) is 0 Å². The summed E-state index contributed by atoms with van der Waals surface area (Å²) in [5.74, 6) is 0. The van der Waals surface area contributed by atoms with Crippen molar-refractivity contribution in [2.24, 2.45) is 0 Å². The van der Waals surface area contributed by atoms with Gasteiger partial charge >= 0.3 is 0 Å². The Hall–Kier alpha value is -1.52. The Morgan fingerprint density at radius 1 is 1.33 bits per heavy atom. The SMILES string of the molecule is C=CC=CC1=CC=C=CC=C1C. The molecule has 0 heterocycles. The zero-order valence-electron chi connectivity index (χ0n) is 7.25. The molecule has 0 aliphatic heterocycles. The van der Waals surface area contributed by atoms with Crippen LogP contribution in [0.2, 0.25) is 0 Å². The minimum Gasteiger partial charge on any atom is -0.121 e. The molecule has 0 bridgehead atoms. The number of allylic oxidation sites excluding steroid dienone is 8. The van der Waals surface area contributed by atoms with E-state index in [1.54, 1.807) is 6.08 Å². The minimum atomic E-state index is 1.20. The molecular weight excluding hydrogens is 144 g/mol. The minimum absolute atomic E-state index is 1.20. The van der Waals surface area contributed by atoms with Crippen LogP contribution in [-0.2, 0) is 0 Å². The summed E-state index contributed by atoms with van der Waals surface area (Å²) < 4.78 is 0. The highest BCUT2D eigenvalue weighted by molar-refractivity contribution is 5.44. The molecule has 0 spiro atoms. The fourth-order valence-electron chi connectivity index (χ4n) is 0.953. The molecule has 60 valence electrons. The maximum atomic E-state index is 3.63. The molecule has 0 aromatic rings. The number of hydrogen-bond donors (Lipinski definition) is 0. The van der Waals surface area contributed by atoms with Gasteiger partial charge in [0.25, 0.3) is 0 Å². The molecule has 0 N–H and O–H groups in total. The van der Waals surface area contributed by atoms with Gasteiger partial charge in [-0.1, -0.05) is 30.9 Å². The van der Waals surface area contributed by atoms with E-state index in [2.05, 4.69) is 19.2 Å². The summed E-state index contributed by atoms with van der Waals surface area (Å²) in [4.78, 5) is 0. The topological polar surface area (TPSA) is 0 Å². The van der Waals surface area contributed by atoms with Crippen LogP contribution in [0.15, 0.2) is 66.0 Å². The standard InChI is InChI=1S/C12H12/c1-3-4-9-12-10-7-5-6-8-11(12)2/h3-4,6-10H,1H2,2H3. The molecule has 0 fully saturated rings. The molecule has 1 rings (SSSR count). The Morgan fingerprint density at radius 3 is 2.83 bits per heavy atom. The number of rotatable bonds is 2. The van der Waals surface area contributed by atoms with Crippen LogP contribution in [0.25, 0.3) is 0 Å². The predicted molar refractivity (Wildman–Crippen MR) is 53.8 cm³/mol. The molecule has 0 amide bonds. The summed E-state index contributed by atoms with van der Waals surface area (Å²) >= 11 is 0. The first kappa shape index (κ1) is 8.58. The van der Waals surface area contributed by atoms with Gasteiger partial charge in [-0.25, -0.2) is 0 Å². The summed E-state index contributed by atoms with van der Waals surface area (Å²) in [5, 5.41) is 0. The summed E-state index contributed by atoms with van der Waals surface area (Å²) in [7, 11) is 0. The van der Waals surface area contributed by atoms with E-state index in [0.717, 1.165) is 0 Å². The van der Waals surface area contributed by atoms with Crippen LogP contribution in [0, 0.1) is 0 Å². The molecule has 0 aromatic heterocycles. The molecule has 12 heavy (non-hydrogen) atoms. The van der Waals surface area contributed by atoms with Gasteiger partial charge in [-0.15, -0.1) is 5.73 Å². The first-order valence-corrected chi connectivity index (χ1v) is 3.93. The second kappa shape index (κ2) is 4.38. The van der Waals surface area contributed by atoms with Crippen molar-refractivity contribution in [2.45, 2.75) is 6.92 Å². The summed E-state index contributed by atoms with van der Waals surface area (Å²) in [5.41, 5.74) is 5.47. The van der Waals surface area contributed by atoms with E-state index in [1.807, 2.05) is 36.5 Å². The van der Waals surface area contributed by atoms with Crippen molar-refractivity contribution in [2.75, 3.05) is 0 Å². The molecular formula is C12H12. The van der Waals surface area contributed by atoms with Crippen LogP contribution in [0.5, 0.6) is 0 Å². The second-order valence-corrected chi connectivity index (χ2v) is 2.57. The molecule has 0 nitrogen and oxygen atoms in total. The molecule has 0 saturated heterocycles. The summed E-state index contributed by atoms with van der Waals surface area (Å²) in [6.45, 7) is 5.71. The van der Waals surface area contributed by atoms with E-state index in [0.29, 0.717) is 0 Å². The first-order valence-electron chi connectivity index (χ1n) is 3.93. The first-order chi connectivity index (χ1) is 5.84. The van der Waals surface area contributed by atoms with Crippen molar-refractivity contribution in [1.29, 1.82) is 0 Å². The Kier molecular flexibility index (Phi) is 3.13. The highest BCUT2D eigenvalue weighted by Gasteiger charge is 1.93. The van der Waals surface area contributed by atoms with Crippen molar-refractivity contribution in [3.63, 3.8) is 0 Å². The fraction of sp³-hybridized carbons (Fsp3) is 0.0833. The summed E-state index contributed by atoms with van der Waals surface area (Å²) in [6.07, 6.45) is 13.7. The summed E-state index contributed by atoms with van der Waals surface area (Å²) in [6, 6.07) is 0. The maximum Gasteiger partial charge on any atom is -0.0194 e. The molecule has 1 aliphatic carbocycles. The van der Waals surface area contributed by atoms with Gasteiger partial charge in [-0.2, -0.15) is 0 Å². The van der Waals surface area contributed by atoms with E-state index in [4.69, 9.17) is 0 Å². The van der Waals surface area contributed by atoms with Crippen LogP contribution in [-0.4, -0.2) is 0 Å². The normalized spacial score (nSPS) is 15.8. The van der Waals surface area contributed by atoms with Crippen LogP contribution < -0.4 is 0 Å². The zero-order chi connectivity index (χ0) is 8.81. The van der Waals surface area contributed by atoms with Crippen molar-refractivity contribution >= 4 is 0 Å². The quantitative estimate of drug-likeness (QED) is 0.425. The monoisotopic (exact) mass is 156 g/mol. The van der Waals surface area contributed by atoms with Crippen LogP contribution in [0.1, 0.15) is 6.92 Å². The van der Waals surface area contributed by atoms with Gasteiger partial charge in [0.2, 0.25) is 0 Å². The van der Waals surface area contributed by atoms with Gasteiger partial charge < -0.3 is 0 Å². The van der Waals surface area contributed by atoms with E-state index >= 15 is 0 Å². The average Bonchev–Trinajstić information content (AvgIpc) is 2.27. The zero-order valence-corrected chi connectivity index (χ0v) is 7.25. The van der Waals surface area contributed by atoms with Crippen molar-refractivity contribution in [3.05, 3.63) is 66.0 Å². The van der Waals surface area contributed by atoms with Crippen LogP contribution in [0.3, 0.4) is 0 Å². The highest BCUT2D eigenvalue weighted by Crippen LogP contribution is 2.12. The molecule has 0 saturated carbocycles. The second-order valence-electron chi connectivity index (χ2n) is 2.57.